The van der Waals surface area contributed by atoms with Gasteiger partial charge in [-0.15, -0.1) is 0 Å². The SMILES string of the molecule is N#Cc1ccc(NCC(=O)NCc2ccccc2)c(F)c1. The second-order valence-electron chi connectivity index (χ2n) is 4.42. The molecule has 0 aliphatic heterocycles. The molecule has 0 bridgehead atoms. The van der Waals surface area contributed by atoms with Gasteiger partial charge in [0.05, 0.1) is 23.9 Å². The van der Waals surface area contributed by atoms with Crippen LogP contribution in [-0.2, 0) is 11.3 Å². The average Bonchev–Trinajstić information content (AvgIpc) is 2.52. The van der Waals surface area contributed by atoms with Gasteiger partial charge in [-0.2, -0.15) is 5.26 Å². The van der Waals surface area contributed by atoms with Crippen molar-refractivity contribution in [1.29, 1.82) is 5.26 Å². The molecule has 0 unspecified atom stereocenters. The molecule has 0 saturated carbocycles. The largest absolute Gasteiger partial charge is 0.374 e. The van der Waals surface area contributed by atoms with E-state index in [2.05, 4.69) is 10.6 Å². The average molecular weight is 283 g/mol. The van der Waals surface area contributed by atoms with Crippen LogP contribution < -0.4 is 10.6 Å². The number of benzene rings is 2. The maximum Gasteiger partial charge on any atom is 0.239 e. The summed E-state index contributed by atoms with van der Waals surface area (Å²) in [6.45, 7) is 0.396. The number of nitrogens with one attached hydrogen (secondary N) is 2. The Morgan fingerprint density at radius 3 is 2.62 bits per heavy atom. The topological polar surface area (TPSA) is 64.9 Å². The Bertz CT molecular complexity index is 665. The quantitative estimate of drug-likeness (QED) is 0.885. The van der Waals surface area contributed by atoms with Crippen LogP contribution >= 0.6 is 0 Å². The lowest BCUT2D eigenvalue weighted by atomic mass is 10.2. The van der Waals surface area contributed by atoms with Gasteiger partial charge in [0.15, 0.2) is 0 Å². The van der Waals surface area contributed by atoms with Crippen molar-refractivity contribution < 1.29 is 9.18 Å². The van der Waals surface area contributed by atoms with Gasteiger partial charge in [0, 0.05) is 6.54 Å². The molecule has 2 rings (SSSR count). The summed E-state index contributed by atoms with van der Waals surface area (Å²) in [4.78, 5) is 11.7. The third-order valence-corrected chi connectivity index (χ3v) is 2.87. The number of carbonyl (C=O) groups excluding carboxylic acids is 1. The van der Waals surface area contributed by atoms with Crippen LogP contribution in [0.15, 0.2) is 48.5 Å². The molecule has 0 aliphatic rings. The minimum atomic E-state index is -0.551. The summed E-state index contributed by atoms with van der Waals surface area (Å²) in [5.74, 6) is -0.785. The zero-order chi connectivity index (χ0) is 15.1. The molecule has 2 N–H and O–H groups in total. The Balaban J connectivity index is 1.83. The number of carbonyl (C=O) groups is 1. The highest BCUT2D eigenvalue weighted by atomic mass is 19.1. The molecule has 2 aromatic rings. The van der Waals surface area contributed by atoms with Crippen LogP contribution in [0.2, 0.25) is 0 Å². The summed E-state index contributed by atoms with van der Waals surface area (Å²) in [7, 11) is 0. The number of nitrogens with zero attached hydrogens (tertiary/aromatic N) is 1. The first kappa shape index (κ1) is 14.5. The molecule has 1 amide bonds. The molecule has 0 heterocycles. The van der Waals surface area contributed by atoms with Crippen LogP contribution in [0, 0.1) is 17.1 Å². The number of hydrogen-bond acceptors (Lipinski definition) is 3. The van der Waals surface area contributed by atoms with Gasteiger partial charge in [0.1, 0.15) is 5.82 Å². The fraction of sp³-hybridized carbons (Fsp3) is 0.125. The number of rotatable bonds is 5. The molecule has 0 atom stereocenters. The Morgan fingerprint density at radius 1 is 1.19 bits per heavy atom. The lowest BCUT2D eigenvalue weighted by molar-refractivity contribution is -0.119. The van der Waals surface area contributed by atoms with Gasteiger partial charge in [-0.1, -0.05) is 30.3 Å². The highest BCUT2D eigenvalue weighted by Crippen LogP contribution is 2.14. The molecule has 0 aromatic heterocycles. The summed E-state index contributed by atoms with van der Waals surface area (Å²) in [6.07, 6.45) is 0. The van der Waals surface area contributed by atoms with Crippen molar-refractivity contribution >= 4 is 11.6 Å². The fourth-order valence-electron chi connectivity index (χ4n) is 1.76. The van der Waals surface area contributed by atoms with E-state index in [1.54, 1.807) is 0 Å². The lowest BCUT2D eigenvalue weighted by Crippen LogP contribution is -2.29. The van der Waals surface area contributed by atoms with Crippen LogP contribution in [0.1, 0.15) is 11.1 Å². The van der Waals surface area contributed by atoms with Gasteiger partial charge < -0.3 is 10.6 Å². The summed E-state index contributed by atoms with van der Waals surface area (Å²) in [6, 6.07) is 15.4. The van der Waals surface area contributed by atoms with E-state index in [-0.39, 0.29) is 23.7 Å². The van der Waals surface area contributed by atoms with E-state index in [9.17, 15) is 9.18 Å². The van der Waals surface area contributed by atoms with E-state index in [1.165, 1.54) is 12.1 Å². The van der Waals surface area contributed by atoms with Crippen molar-refractivity contribution in [3.8, 4) is 6.07 Å². The Morgan fingerprint density at radius 2 is 1.95 bits per heavy atom. The van der Waals surface area contributed by atoms with E-state index in [0.717, 1.165) is 11.6 Å². The molecule has 4 nitrogen and oxygen atoms in total. The molecular weight excluding hydrogens is 269 g/mol. The van der Waals surface area contributed by atoms with E-state index in [4.69, 9.17) is 5.26 Å². The Labute approximate surface area is 122 Å². The van der Waals surface area contributed by atoms with Crippen LogP contribution in [0.3, 0.4) is 0 Å². The van der Waals surface area contributed by atoms with Gasteiger partial charge in [0.2, 0.25) is 5.91 Å². The third kappa shape index (κ3) is 4.32. The minimum Gasteiger partial charge on any atom is -0.374 e. The number of halogens is 1. The second kappa shape index (κ2) is 7.06. The maximum atomic E-state index is 13.6. The molecule has 0 spiro atoms. The van der Waals surface area contributed by atoms with Crippen LogP contribution in [0.5, 0.6) is 0 Å². The fourth-order valence-corrected chi connectivity index (χ4v) is 1.76. The normalized spacial score (nSPS) is 9.71. The van der Waals surface area contributed by atoms with Crippen LogP contribution in [0.4, 0.5) is 10.1 Å². The highest BCUT2D eigenvalue weighted by Gasteiger charge is 2.06. The van der Waals surface area contributed by atoms with Crippen LogP contribution in [0.25, 0.3) is 0 Å². The van der Waals surface area contributed by atoms with Crippen molar-refractivity contribution in [2.24, 2.45) is 0 Å². The molecule has 2 aromatic carbocycles. The van der Waals surface area contributed by atoms with Crippen molar-refractivity contribution in [2.75, 3.05) is 11.9 Å². The van der Waals surface area contributed by atoms with Gasteiger partial charge in [0.25, 0.3) is 0 Å². The van der Waals surface area contributed by atoms with E-state index in [1.807, 2.05) is 36.4 Å². The Hall–Kier alpha value is -2.87. The molecule has 0 fully saturated rings. The standard InChI is InChI=1S/C16H14FN3O/c17-14-8-13(9-18)6-7-15(14)19-11-16(21)20-10-12-4-2-1-3-5-12/h1-8,19H,10-11H2,(H,20,21). The van der Waals surface area contributed by atoms with Gasteiger partial charge >= 0.3 is 0 Å². The minimum absolute atomic E-state index is 0.0321. The van der Waals surface area contributed by atoms with E-state index in [0.29, 0.717) is 6.54 Å². The van der Waals surface area contributed by atoms with Gasteiger partial charge in [-0.05, 0) is 23.8 Å². The zero-order valence-corrected chi connectivity index (χ0v) is 11.3. The van der Waals surface area contributed by atoms with Crippen molar-refractivity contribution in [3.63, 3.8) is 0 Å². The van der Waals surface area contributed by atoms with Gasteiger partial charge in [-0.3, -0.25) is 4.79 Å². The second-order valence-corrected chi connectivity index (χ2v) is 4.42. The number of anilines is 1. The smallest absolute Gasteiger partial charge is 0.239 e. The highest BCUT2D eigenvalue weighted by molar-refractivity contribution is 5.80. The third-order valence-electron chi connectivity index (χ3n) is 2.87. The number of amides is 1. The molecular formula is C16H14FN3O. The molecule has 0 aliphatic carbocycles. The number of hydrogen-bond donors (Lipinski definition) is 2. The monoisotopic (exact) mass is 283 g/mol. The van der Waals surface area contributed by atoms with Crippen molar-refractivity contribution in [3.05, 3.63) is 65.5 Å². The molecule has 5 heteroatoms. The first-order valence-electron chi connectivity index (χ1n) is 6.43. The lowest BCUT2D eigenvalue weighted by Gasteiger charge is -2.08. The maximum absolute atomic E-state index is 13.6. The van der Waals surface area contributed by atoms with E-state index < -0.39 is 5.82 Å². The number of nitriles is 1. The van der Waals surface area contributed by atoms with Crippen LogP contribution in [-0.4, -0.2) is 12.5 Å². The summed E-state index contributed by atoms with van der Waals surface area (Å²) in [5.41, 5.74) is 1.44. The first-order chi connectivity index (χ1) is 10.2. The predicted octanol–water partition coefficient (Wildman–Crippen LogP) is 2.43. The molecule has 0 radical (unpaired) electrons. The predicted molar refractivity (Wildman–Crippen MR) is 77.9 cm³/mol. The summed E-state index contributed by atoms with van der Waals surface area (Å²) in [5, 5.41) is 14.1. The molecule has 0 saturated heterocycles. The van der Waals surface area contributed by atoms with E-state index >= 15 is 0 Å². The zero-order valence-electron chi connectivity index (χ0n) is 11.3. The molecule has 106 valence electrons. The summed E-state index contributed by atoms with van der Waals surface area (Å²) >= 11 is 0. The first-order valence-corrected chi connectivity index (χ1v) is 6.43. The summed E-state index contributed by atoms with van der Waals surface area (Å²) < 4.78 is 13.6. The molecule has 21 heavy (non-hydrogen) atoms. The Kier molecular flexibility index (Phi) is 4.89. The van der Waals surface area contributed by atoms with Crippen molar-refractivity contribution in [2.45, 2.75) is 6.54 Å². The van der Waals surface area contributed by atoms with Gasteiger partial charge in [-0.25, -0.2) is 4.39 Å². The van der Waals surface area contributed by atoms with Crippen molar-refractivity contribution in [1.82, 2.24) is 5.32 Å².